The molecule has 0 atom stereocenters. The highest BCUT2D eigenvalue weighted by atomic mass is 35.5. The molecule has 0 heterocycles. The highest BCUT2D eigenvalue weighted by Gasteiger charge is 2.35. The molecule has 0 bridgehead atoms. The molecule has 0 radical (unpaired) electrons. The lowest BCUT2D eigenvalue weighted by atomic mass is 9.66. The van der Waals surface area contributed by atoms with E-state index in [2.05, 4.69) is 13.0 Å². The Morgan fingerprint density at radius 1 is 1.23 bits per heavy atom. The molecular formula is C11H12Cl2. The molecule has 2 rings (SSSR count). The minimum atomic E-state index is 0.280. The molecule has 1 aliphatic carbocycles. The lowest BCUT2D eigenvalue weighted by molar-refractivity contribution is 0.272. The second kappa shape index (κ2) is 3.18. The number of benzene rings is 1. The Morgan fingerprint density at radius 2 is 1.92 bits per heavy atom. The third-order valence-electron chi connectivity index (χ3n) is 3.06. The molecule has 13 heavy (non-hydrogen) atoms. The summed E-state index contributed by atoms with van der Waals surface area (Å²) in [4.78, 5) is 0. The van der Waals surface area contributed by atoms with Crippen LogP contribution in [0.2, 0.25) is 10.0 Å². The maximum atomic E-state index is 6.16. The average molecular weight is 215 g/mol. The van der Waals surface area contributed by atoms with Crippen LogP contribution in [0.15, 0.2) is 18.2 Å². The summed E-state index contributed by atoms with van der Waals surface area (Å²) in [5, 5.41) is 1.42. The molecule has 1 saturated carbocycles. The monoisotopic (exact) mass is 214 g/mol. The van der Waals surface area contributed by atoms with Gasteiger partial charge in [0.15, 0.2) is 0 Å². The fourth-order valence-corrected chi connectivity index (χ4v) is 2.48. The standard InChI is InChI=1S/C11H12Cl2/c1-11(6-3-7-11)8-4-2-5-9(12)10(8)13/h2,4-5H,3,6-7H2,1H3. The molecule has 0 amide bonds. The molecule has 0 aliphatic heterocycles. The third kappa shape index (κ3) is 1.47. The SMILES string of the molecule is CC1(c2cccc(Cl)c2Cl)CCC1. The molecule has 1 aliphatic rings. The number of rotatable bonds is 1. The number of halogens is 2. The van der Waals surface area contributed by atoms with Crippen LogP contribution in [0.1, 0.15) is 31.7 Å². The zero-order valence-electron chi connectivity index (χ0n) is 7.61. The van der Waals surface area contributed by atoms with Crippen molar-refractivity contribution in [2.45, 2.75) is 31.6 Å². The van der Waals surface area contributed by atoms with Gasteiger partial charge >= 0.3 is 0 Å². The summed E-state index contributed by atoms with van der Waals surface area (Å²) < 4.78 is 0. The smallest absolute Gasteiger partial charge is 0.0629 e. The molecule has 0 spiro atoms. The summed E-state index contributed by atoms with van der Waals surface area (Å²) in [5.74, 6) is 0. The second-order valence-corrected chi connectivity index (χ2v) is 4.80. The van der Waals surface area contributed by atoms with Gasteiger partial charge in [0, 0.05) is 0 Å². The van der Waals surface area contributed by atoms with Crippen LogP contribution >= 0.6 is 23.2 Å². The normalized spacial score (nSPS) is 19.6. The van der Waals surface area contributed by atoms with E-state index in [0.717, 1.165) is 5.02 Å². The van der Waals surface area contributed by atoms with Gasteiger partial charge in [-0.25, -0.2) is 0 Å². The second-order valence-electron chi connectivity index (χ2n) is 4.02. The van der Waals surface area contributed by atoms with Crippen molar-refractivity contribution in [3.8, 4) is 0 Å². The summed E-state index contributed by atoms with van der Waals surface area (Å²) in [7, 11) is 0. The van der Waals surface area contributed by atoms with E-state index in [4.69, 9.17) is 23.2 Å². The summed E-state index contributed by atoms with van der Waals surface area (Å²) in [6.07, 6.45) is 3.76. The maximum absolute atomic E-state index is 6.16. The van der Waals surface area contributed by atoms with Crippen molar-refractivity contribution in [2.75, 3.05) is 0 Å². The first-order valence-electron chi connectivity index (χ1n) is 4.58. The minimum Gasteiger partial charge on any atom is -0.0827 e. The molecule has 0 unspecified atom stereocenters. The quantitative estimate of drug-likeness (QED) is 0.649. The van der Waals surface area contributed by atoms with Crippen LogP contribution in [-0.2, 0) is 5.41 Å². The van der Waals surface area contributed by atoms with Gasteiger partial charge in [0.25, 0.3) is 0 Å². The van der Waals surface area contributed by atoms with E-state index in [9.17, 15) is 0 Å². The molecule has 1 aromatic carbocycles. The van der Waals surface area contributed by atoms with Crippen molar-refractivity contribution in [3.05, 3.63) is 33.8 Å². The van der Waals surface area contributed by atoms with Crippen LogP contribution in [0.4, 0.5) is 0 Å². The molecule has 0 saturated heterocycles. The Morgan fingerprint density at radius 3 is 2.46 bits per heavy atom. The van der Waals surface area contributed by atoms with Crippen molar-refractivity contribution < 1.29 is 0 Å². The van der Waals surface area contributed by atoms with E-state index in [1.165, 1.54) is 24.8 Å². The number of hydrogen-bond donors (Lipinski definition) is 0. The van der Waals surface area contributed by atoms with Crippen LogP contribution in [0.25, 0.3) is 0 Å². The molecule has 1 aromatic rings. The van der Waals surface area contributed by atoms with E-state index in [0.29, 0.717) is 5.02 Å². The highest BCUT2D eigenvalue weighted by Crippen LogP contribution is 2.46. The van der Waals surface area contributed by atoms with Crippen LogP contribution in [0, 0.1) is 0 Å². The zero-order valence-corrected chi connectivity index (χ0v) is 9.12. The van der Waals surface area contributed by atoms with E-state index in [-0.39, 0.29) is 5.41 Å². The summed E-state index contributed by atoms with van der Waals surface area (Å²) in [6.45, 7) is 2.26. The van der Waals surface area contributed by atoms with E-state index in [1.54, 1.807) is 0 Å². The molecular weight excluding hydrogens is 203 g/mol. The van der Waals surface area contributed by atoms with Gasteiger partial charge in [0.2, 0.25) is 0 Å². The van der Waals surface area contributed by atoms with Crippen molar-refractivity contribution in [3.63, 3.8) is 0 Å². The number of hydrogen-bond acceptors (Lipinski definition) is 0. The molecule has 2 heteroatoms. The summed E-state index contributed by atoms with van der Waals surface area (Å²) in [6, 6.07) is 5.91. The van der Waals surface area contributed by atoms with Crippen LogP contribution < -0.4 is 0 Å². The average Bonchev–Trinajstić information content (AvgIpc) is 2.06. The fraction of sp³-hybridized carbons (Fsp3) is 0.455. The first kappa shape index (κ1) is 9.36. The Labute approximate surface area is 88.9 Å². The predicted molar refractivity (Wildman–Crippen MR) is 57.7 cm³/mol. The maximum Gasteiger partial charge on any atom is 0.0629 e. The van der Waals surface area contributed by atoms with Gasteiger partial charge in [0.05, 0.1) is 10.0 Å². The topological polar surface area (TPSA) is 0 Å². The molecule has 0 aromatic heterocycles. The highest BCUT2D eigenvalue weighted by molar-refractivity contribution is 6.42. The van der Waals surface area contributed by atoms with Gasteiger partial charge in [-0.1, -0.05) is 48.7 Å². The van der Waals surface area contributed by atoms with Crippen molar-refractivity contribution in [1.82, 2.24) is 0 Å². The molecule has 70 valence electrons. The van der Waals surface area contributed by atoms with Crippen LogP contribution in [0.5, 0.6) is 0 Å². The van der Waals surface area contributed by atoms with Crippen LogP contribution in [0.3, 0.4) is 0 Å². The van der Waals surface area contributed by atoms with E-state index in [1.807, 2.05) is 12.1 Å². The van der Waals surface area contributed by atoms with Gasteiger partial charge in [-0.2, -0.15) is 0 Å². The Kier molecular flexibility index (Phi) is 2.29. The molecule has 0 N–H and O–H groups in total. The van der Waals surface area contributed by atoms with Crippen molar-refractivity contribution in [1.29, 1.82) is 0 Å². The first-order chi connectivity index (χ1) is 6.13. The minimum absolute atomic E-state index is 0.280. The van der Waals surface area contributed by atoms with Gasteiger partial charge < -0.3 is 0 Å². The van der Waals surface area contributed by atoms with Gasteiger partial charge in [-0.15, -0.1) is 0 Å². The fourth-order valence-electron chi connectivity index (χ4n) is 1.95. The van der Waals surface area contributed by atoms with E-state index < -0.39 is 0 Å². The predicted octanol–water partition coefficient (Wildman–Crippen LogP) is 4.44. The summed E-state index contributed by atoms with van der Waals surface area (Å²) in [5.41, 5.74) is 1.50. The Balaban J connectivity index is 2.45. The zero-order chi connectivity index (χ0) is 9.47. The van der Waals surface area contributed by atoms with Gasteiger partial charge in [-0.05, 0) is 29.9 Å². The van der Waals surface area contributed by atoms with Crippen LogP contribution in [-0.4, -0.2) is 0 Å². The largest absolute Gasteiger partial charge is 0.0827 e. The lowest BCUT2D eigenvalue weighted by Crippen LogP contribution is -2.30. The first-order valence-corrected chi connectivity index (χ1v) is 5.34. The molecule has 0 nitrogen and oxygen atoms in total. The van der Waals surface area contributed by atoms with E-state index >= 15 is 0 Å². The Bertz CT molecular complexity index is 327. The van der Waals surface area contributed by atoms with Crippen molar-refractivity contribution in [2.24, 2.45) is 0 Å². The Hall–Kier alpha value is -0.200. The third-order valence-corrected chi connectivity index (χ3v) is 3.88. The van der Waals surface area contributed by atoms with Gasteiger partial charge in [0.1, 0.15) is 0 Å². The van der Waals surface area contributed by atoms with Crippen molar-refractivity contribution >= 4 is 23.2 Å². The molecule has 1 fully saturated rings. The van der Waals surface area contributed by atoms with Gasteiger partial charge in [-0.3, -0.25) is 0 Å². The lowest BCUT2D eigenvalue weighted by Gasteiger charge is -2.39. The summed E-state index contributed by atoms with van der Waals surface area (Å²) >= 11 is 12.1.